The van der Waals surface area contributed by atoms with Gasteiger partial charge in [0.15, 0.2) is 0 Å². The molecule has 0 aliphatic carbocycles. The molecule has 33 heavy (non-hydrogen) atoms. The first-order valence-electron chi connectivity index (χ1n) is 10.9. The molecule has 0 fully saturated rings. The fourth-order valence-electron chi connectivity index (χ4n) is 3.03. The highest BCUT2D eigenvalue weighted by Crippen LogP contribution is 2.23. The largest absolute Gasteiger partial charge is 0.444 e. The standard InChI is InChI=1S/C24H35N3O5S/c1-6-8-13-25-21(29)20(18-11-9-17(7-2)10-12-18)27(14-15-28)22(30)19(16-33)26-23(31)32-24(3,4)5/h2,9-12,19-20,28,33H,6,8,13-16H2,1,3-5H3,(H,25,29)(H,26,31). The molecular weight excluding hydrogens is 442 g/mol. The number of terminal acetylenes is 1. The van der Waals surface area contributed by atoms with Gasteiger partial charge in [0.2, 0.25) is 11.8 Å². The molecular formula is C24H35N3O5S. The third-order valence-electron chi connectivity index (χ3n) is 4.58. The van der Waals surface area contributed by atoms with Crippen LogP contribution in [0.3, 0.4) is 0 Å². The van der Waals surface area contributed by atoms with Crippen LogP contribution in [0, 0.1) is 12.3 Å². The number of ether oxygens (including phenoxy) is 1. The minimum Gasteiger partial charge on any atom is -0.444 e. The van der Waals surface area contributed by atoms with Crippen molar-refractivity contribution in [2.24, 2.45) is 0 Å². The maximum Gasteiger partial charge on any atom is 0.408 e. The molecule has 0 aromatic heterocycles. The minimum atomic E-state index is -1.06. The van der Waals surface area contributed by atoms with E-state index < -0.39 is 35.6 Å². The number of hydrogen-bond acceptors (Lipinski definition) is 6. The fraction of sp³-hybridized carbons (Fsp3) is 0.542. The van der Waals surface area contributed by atoms with E-state index in [9.17, 15) is 19.5 Å². The SMILES string of the molecule is C#Cc1ccc(C(C(=O)NCCCC)N(CCO)C(=O)C(CS)NC(=O)OC(C)(C)C)cc1. The van der Waals surface area contributed by atoms with Crippen LogP contribution >= 0.6 is 12.6 Å². The lowest BCUT2D eigenvalue weighted by molar-refractivity contribution is -0.142. The summed E-state index contributed by atoms with van der Waals surface area (Å²) in [6.07, 6.45) is 6.33. The van der Waals surface area contributed by atoms with E-state index in [4.69, 9.17) is 11.2 Å². The van der Waals surface area contributed by atoms with Crippen molar-refractivity contribution in [3.8, 4) is 12.3 Å². The minimum absolute atomic E-state index is 0.0276. The van der Waals surface area contributed by atoms with Crippen molar-refractivity contribution >= 4 is 30.5 Å². The summed E-state index contributed by atoms with van der Waals surface area (Å²) in [5, 5.41) is 15.0. The summed E-state index contributed by atoms with van der Waals surface area (Å²) >= 11 is 4.20. The highest BCUT2D eigenvalue weighted by molar-refractivity contribution is 7.80. The number of thiol groups is 1. The molecule has 0 radical (unpaired) electrons. The number of aliphatic hydroxyl groups excluding tert-OH is 1. The van der Waals surface area contributed by atoms with Gasteiger partial charge in [-0.1, -0.05) is 31.4 Å². The zero-order valence-corrected chi connectivity index (χ0v) is 20.7. The Kier molecular flexibility index (Phi) is 11.8. The summed E-state index contributed by atoms with van der Waals surface area (Å²) in [5.41, 5.74) is 0.406. The van der Waals surface area contributed by atoms with Gasteiger partial charge in [-0.05, 0) is 44.9 Å². The Bertz CT molecular complexity index is 830. The van der Waals surface area contributed by atoms with Crippen LogP contribution in [0.15, 0.2) is 24.3 Å². The van der Waals surface area contributed by atoms with Crippen LogP contribution in [-0.2, 0) is 14.3 Å². The van der Waals surface area contributed by atoms with Crippen LogP contribution in [-0.4, -0.2) is 65.0 Å². The normalized spacial score (nSPS) is 12.8. The molecule has 0 saturated heterocycles. The van der Waals surface area contributed by atoms with Gasteiger partial charge in [0.25, 0.3) is 0 Å². The monoisotopic (exact) mass is 477 g/mol. The predicted molar refractivity (Wildman–Crippen MR) is 131 cm³/mol. The molecule has 182 valence electrons. The highest BCUT2D eigenvalue weighted by atomic mass is 32.1. The molecule has 2 unspecified atom stereocenters. The number of benzene rings is 1. The summed E-state index contributed by atoms with van der Waals surface area (Å²) in [7, 11) is 0. The molecule has 1 rings (SSSR count). The average molecular weight is 478 g/mol. The Morgan fingerprint density at radius 1 is 1.24 bits per heavy atom. The molecule has 0 spiro atoms. The van der Waals surface area contributed by atoms with Crippen molar-refractivity contribution in [3.63, 3.8) is 0 Å². The Labute approximate surface area is 201 Å². The Morgan fingerprint density at radius 3 is 2.36 bits per heavy atom. The van der Waals surface area contributed by atoms with Crippen molar-refractivity contribution in [1.29, 1.82) is 0 Å². The third kappa shape index (κ3) is 9.36. The van der Waals surface area contributed by atoms with Crippen LogP contribution in [0.2, 0.25) is 0 Å². The van der Waals surface area contributed by atoms with Gasteiger partial charge < -0.3 is 25.4 Å². The van der Waals surface area contributed by atoms with Crippen molar-refractivity contribution in [2.75, 3.05) is 25.4 Å². The van der Waals surface area contributed by atoms with Gasteiger partial charge in [0.1, 0.15) is 17.7 Å². The summed E-state index contributed by atoms with van der Waals surface area (Å²) in [6.45, 7) is 7.07. The lowest BCUT2D eigenvalue weighted by Gasteiger charge is -2.33. The van der Waals surface area contributed by atoms with Crippen LogP contribution in [0.5, 0.6) is 0 Å². The Balaban J connectivity index is 3.28. The van der Waals surface area contributed by atoms with Gasteiger partial charge in [-0.15, -0.1) is 6.42 Å². The quantitative estimate of drug-likeness (QED) is 0.222. The number of rotatable bonds is 11. The van der Waals surface area contributed by atoms with E-state index in [1.165, 1.54) is 4.90 Å². The molecule has 1 aromatic carbocycles. The van der Waals surface area contributed by atoms with E-state index in [0.29, 0.717) is 17.7 Å². The van der Waals surface area contributed by atoms with E-state index in [0.717, 1.165) is 12.8 Å². The lowest BCUT2D eigenvalue weighted by Crippen LogP contribution is -2.54. The second kappa shape index (κ2) is 13.8. The van der Waals surface area contributed by atoms with E-state index in [1.54, 1.807) is 45.0 Å². The van der Waals surface area contributed by atoms with Crippen LogP contribution in [0.25, 0.3) is 0 Å². The first kappa shape index (κ1) is 28.3. The smallest absolute Gasteiger partial charge is 0.408 e. The van der Waals surface area contributed by atoms with Crippen molar-refractivity contribution in [3.05, 3.63) is 35.4 Å². The predicted octanol–water partition coefficient (Wildman–Crippen LogP) is 2.27. The van der Waals surface area contributed by atoms with Crippen LogP contribution in [0.4, 0.5) is 4.79 Å². The number of nitrogens with zero attached hydrogens (tertiary/aromatic N) is 1. The highest BCUT2D eigenvalue weighted by Gasteiger charge is 2.35. The van der Waals surface area contributed by atoms with Gasteiger partial charge in [-0.2, -0.15) is 12.6 Å². The molecule has 1 aromatic rings. The molecule has 0 saturated carbocycles. The lowest BCUT2D eigenvalue weighted by atomic mass is 10.0. The zero-order chi connectivity index (χ0) is 25.0. The van der Waals surface area contributed by atoms with Gasteiger partial charge >= 0.3 is 6.09 Å². The fourth-order valence-corrected chi connectivity index (χ4v) is 3.28. The molecule has 0 heterocycles. The Morgan fingerprint density at radius 2 is 1.88 bits per heavy atom. The third-order valence-corrected chi connectivity index (χ3v) is 4.94. The molecule has 3 amide bonds. The maximum absolute atomic E-state index is 13.4. The number of aliphatic hydroxyl groups is 1. The first-order chi connectivity index (χ1) is 15.6. The molecule has 0 bridgehead atoms. The van der Waals surface area contributed by atoms with E-state index in [2.05, 4.69) is 29.2 Å². The van der Waals surface area contributed by atoms with Gasteiger partial charge in [0, 0.05) is 24.4 Å². The molecule has 9 heteroatoms. The maximum atomic E-state index is 13.4. The number of nitrogens with one attached hydrogen (secondary N) is 2. The Hall–Kier alpha value is -2.70. The number of carbonyl (C=O) groups excluding carboxylic acids is 3. The molecule has 2 atom stereocenters. The number of carbonyl (C=O) groups is 3. The number of hydrogen-bond donors (Lipinski definition) is 4. The molecule has 3 N–H and O–H groups in total. The average Bonchev–Trinajstić information content (AvgIpc) is 2.76. The van der Waals surface area contributed by atoms with Crippen LogP contribution < -0.4 is 10.6 Å². The van der Waals surface area contributed by atoms with E-state index in [-0.39, 0.29) is 18.9 Å². The molecule has 0 aliphatic rings. The van der Waals surface area contributed by atoms with Crippen LogP contribution in [0.1, 0.15) is 57.7 Å². The number of amides is 3. The van der Waals surface area contributed by atoms with Crippen molar-refractivity contribution in [1.82, 2.24) is 15.5 Å². The first-order valence-corrected chi connectivity index (χ1v) is 11.6. The summed E-state index contributed by atoms with van der Waals surface area (Å²) in [6, 6.07) is 4.61. The molecule has 8 nitrogen and oxygen atoms in total. The van der Waals surface area contributed by atoms with E-state index >= 15 is 0 Å². The summed E-state index contributed by atoms with van der Waals surface area (Å²) < 4.78 is 5.24. The zero-order valence-electron chi connectivity index (χ0n) is 19.8. The number of alkyl carbamates (subject to hydrolysis) is 1. The van der Waals surface area contributed by atoms with E-state index in [1.807, 2.05) is 6.92 Å². The van der Waals surface area contributed by atoms with Gasteiger partial charge in [0.05, 0.1) is 6.61 Å². The summed E-state index contributed by atoms with van der Waals surface area (Å²) in [4.78, 5) is 40.1. The summed E-state index contributed by atoms with van der Waals surface area (Å²) in [5.74, 6) is 1.53. The molecule has 0 aliphatic heterocycles. The number of unbranched alkanes of at least 4 members (excludes halogenated alkanes) is 1. The topological polar surface area (TPSA) is 108 Å². The van der Waals surface area contributed by atoms with Crippen molar-refractivity contribution in [2.45, 2.75) is 58.2 Å². The van der Waals surface area contributed by atoms with Gasteiger partial charge in [-0.3, -0.25) is 9.59 Å². The second-order valence-electron chi connectivity index (χ2n) is 8.45. The van der Waals surface area contributed by atoms with Gasteiger partial charge in [-0.25, -0.2) is 4.79 Å². The second-order valence-corrected chi connectivity index (χ2v) is 8.82. The van der Waals surface area contributed by atoms with Crippen molar-refractivity contribution < 1.29 is 24.2 Å².